The highest BCUT2D eigenvalue weighted by molar-refractivity contribution is 5.91. The van der Waals surface area contributed by atoms with Gasteiger partial charge < -0.3 is 5.73 Å². The first-order valence-electron chi connectivity index (χ1n) is 7.27. The molecule has 19 heteroatoms. The van der Waals surface area contributed by atoms with Gasteiger partial charge in [-0.2, -0.15) is 74.6 Å². The Labute approximate surface area is 165 Å². The number of hydrogen-bond acceptors (Lipinski definition) is 1. The Morgan fingerprint density at radius 2 is 0.844 bits per heavy atom. The molecule has 0 fully saturated rings. The monoisotopic (exact) mass is 517 g/mol. The average Bonchev–Trinajstić information content (AvgIpc) is 2.57. The largest absolute Gasteiger partial charge is 0.460 e. The predicted molar refractivity (Wildman–Crippen MR) is 68.3 cm³/mol. The minimum Gasteiger partial charge on any atom is -0.366 e. The molecule has 0 heterocycles. The van der Waals surface area contributed by atoms with Crippen LogP contribution in [0.25, 0.3) is 0 Å². The van der Waals surface area contributed by atoms with Crippen LogP contribution in [0.15, 0.2) is 12.2 Å². The third-order valence-electron chi connectivity index (χ3n) is 3.88. The van der Waals surface area contributed by atoms with Crippen LogP contribution in [0.5, 0.6) is 0 Å². The minimum absolute atomic E-state index is 1.21. The SMILES string of the molecule is C=C(CCC(F)(F)C(F)(F)C(F)(F)C(F)(F)C(F)(F)C(F)(F)C(F)(F)C(F)(F)F)C(N)=O. The molecular formula is C13H8F17NO. The maximum absolute atomic E-state index is 13.5. The van der Waals surface area contributed by atoms with Gasteiger partial charge in [-0.15, -0.1) is 0 Å². The van der Waals surface area contributed by atoms with Crippen LogP contribution in [0.4, 0.5) is 74.6 Å². The van der Waals surface area contributed by atoms with E-state index in [0.29, 0.717) is 0 Å². The number of nitrogens with two attached hydrogens (primary N) is 1. The molecule has 0 aromatic heterocycles. The molecule has 0 aliphatic heterocycles. The number of carbonyl (C=O) groups excluding carboxylic acids is 1. The maximum Gasteiger partial charge on any atom is 0.460 e. The van der Waals surface area contributed by atoms with Crippen LogP contribution < -0.4 is 5.73 Å². The summed E-state index contributed by atoms with van der Waals surface area (Å²) in [5.74, 6) is -58.4. The summed E-state index contributed by atoms with van der Waals surface area (Å²) in [7, 11) is 0. The third-order valence-corrected chi connectivity index (χ3v) is 3.88. The zero-order valence-corrected chi connectivity index (χ0v) is 14.5. The summed E-state index contributed by atoms with van der Waals surface area (Å²) in [4.78, 5) is 10.5. The van der Waals surface area contributed by atoms with Gasteiger partial charge in [0.05, 0.1) is 0 Å². The molecule has 0 saturated carbocycles. The highest BCUT2D eigenvalue weighted by atomic mass is 19.4. The van der Waals surface area contributed by atoms with Crippen molar-refractivity contribution < 1.29 is 79.4 Å². The van der Waals surface area contributed by atoms with Gasteiger partial charge in [0.25, 0.3) is 0 Å². The van der Waals surface area contributed by atoms with Crippen LogP contribution in [0.3, 0.4) is 0 Å². The van der Waals surface area contributed by atoms with E-state index in [-0.39, 0.29) is 0 Å². The van der Waals surface area contributed by atoms with E-state index in [9.17, 15) is 79.4 Å². The zero-order valence-electron chi connectivity index (χ0n) is 14.5. The second-order valence-corrected chi connectivity index (χ2v) is 6.12. The molecule has 0 aromatic carbocycles. The lowest BCUT2D eigenvalue weighted by Crippen LogP contribution is -2.74. The normalized spacial score (nSPS) is 15.7. The molecular weight excluding hydrogens is 509 g/mol. The van der Waals surface area contributed by atoms with Crippen molar-refractivity contribution >= 4 is 5.91 Å². The van der Waals surface area contributed by atoms with Crippen molar-refractivity contribution in [3.63, 3.8) is 0 Å². The highest BCUT2D eigenvalue weighted by Crippen LogP contribution is 2.64. The topological polar surface area (TPSA) is 43.1 Å². The van der Waals surface area contributed by atoms with Crippen molar-refractivity contribution in [2.24, 2.45) is 5.73 Å². The van der Waals surface area contributed by atoms with Crippen LogP contribution >= 0.6 is 0 Å². The van der Waals surface area contributed by atoms with Crippen LogP contribution in [0, 0.1) is 0 Å². The summed E-state index contributed by atoms with van der Waals surface area (Å²) in [6, 6.07) is 0. The second-order valence-electron chi connectivity index (χ2n) is 6.12. The van der Waals surface area contributed by atoms with Crippen molar-refractivity contribution in [1.29, 1.82) is 0 Å². The van der Waals surface area contributed by atoms with Crippen molar-refractivity contribution in [2.45, 2.75) is 60.5 Å². The molecule has 0 spiro atoms. The van der Waals surface area contributed by atoms with Gasteiger partial charge in [0.1, 0.15) is 0 Å². The molecule has 2 N–H and O–H groups in total. The van der Waals surface area contributed by atoms with Gasteiger partial charge in [-0.1, -0.05) is 6.58 Å². The molecule has 0 unspecified atom stereocenters. The van der Waals surface area contributed by atoms with Crippen LogP contribution in [0.2, 0.25) is 0 Å². The van der Waals surface area contributed by atoms with E-state index in [1.165, 1.54) is 0 Å². The summed E-state index contributed by atoms with van der Waals surface area (Å²) < 4.78 is 221. The first-order valence-corrected chi connectivity index (χ1v) is 7.27. The molecule has 0 atom stereocenters. The molecule has 2 nitrogen and oxygen atoms in total. The second kappa shape index (κ2) is 7.81. The van der Waals surface area contributed by atoms with Crippen molar-refractivity contribution in [2.75, 3.05) is 0 Å². The van der Waals surface area contributed by atoms with E-state index in [0.717, 1.165) is 0 Å². The van der Waals surface area contributed by atoms with Gasteiger partial charge in [-0.25, -0.2) is 0 Å². The molecule has 1 amide bonds. The van der Waals surface area contributed by atoms with Crippen molar-refractivity contribution in [3.8, 4) is 0 Å². The average molecular weight is 517 g/mol. The Morgan fingerprint density at radius 3 is 1.12 bits per heavy atom. The predicted octanol–water partition coefficient (Wildman–Crippen LogP) is 5.82. The molecule has 0 rings (SSSR count). The molecule has 0 saturated heterocycles. The van der Waals surface area contributed by atoms with Crippen LogP contribution in [-0.4, -0.2) is 53.5 Å². The summed E-state index contributed by atoms with van der Waals surface area (Å²) in [5.41, 5.74) is 3.21. The summed E-state index contributed by atoms with van der Waals surface area (Å²) in [6.45, 7) is 2.57. The number of primary amides is 1. The summed E-state index contributed by atoms with van der Waals surface area (Å²) >= 11 is 0. The zero-order chi connectivity index (χ0) is 26.6. The van der Waals surface area contributed by atoms with E-state index in [4.69, 9.17) is 0 Å². The quantitative estimate of drug-likeness (QED) is 0.288. The van der Waals surface area contributed by atoms with Gasteiger partial charge in [0.15, 0.2) is 0 Å². The van der Waals surface area contributed by atoms with Gasteiger partial charge in [-0.3, -0.25) is 4.79 Å². The van der Waals surface area contributed by atoms with E-state index in [1.54, 1.807) is 0 Å². The molecule has 0 bridgehead atoms. The Kier molecular flexibility index (Phi) is 7.32. The fourth-order valence-electron chi connectivity index (χ4n) is 1.78. The lowest BCUT2D eigenvalue weighted by molar-refractivity contribution is -0.461. The first-order chi connectivity index (χ1) is 13.6. The number of alkyl halides is 17. The Balaban J connectivity index is 6.53. The summed E-state index contributed by atoms with van der Waals surface area (Å²) in [5, 5.41) is 0. The number of rotatable bonds is 10. The lowest BCUT2D eigenvalue weighted by atomic mass is 9.87. The maximum atomic E-state index is 13.5. The Hall–Kier alpha value is -1.98. The number of amides is 1. The molecule has 0 radical (unpaired) electrons. The van der Waals surface area contributed by atoms with E-state index >= 15 is 0 Å². The smallest absolute Gasteiger partial charge is 0.366 e. The molecule has 0 aliphatic rings. The minimum atomic E-state index is -8.67. The van der Waals surface area contributed by atoms with Gasteiger partial charge in [-0.05, 0) is 6.42 Å². The van der Waals surface area contributed by atoms with E-state index in [2.05, 4.69) is 12.3 Å². The number of hydrogen-bond donors (Lipinski definition) is 1. The van der Waals surface area contributed by atoms with Gasteiger partial charge in [0, 0.05) is 12.0 Å². The van der Waals surface area contributed by atoms with Crippen LogP contribution in [-0.2, 0) is 4.79 Å². The standard InChI is InChI=1S/C13H8F17NO/c1-4(5(31)32)2-3-6(14,15)7(16,17)8(18,19)9(20,21)10(22,23)11(24,25)12(26,27)13(28,29)30/h1-3H2,(H2,31,32). The molecule has 190 valence electrons. The Morgan fingerprint density at radius 1 is 0.562 bits per heavy atom. The van der Waals surface area contributed by atoms with Crippen LogP contribution in [0.1, 0.15) is 12.8 Å². The first kappa shape index (κ1) is 30.0. The van der Waals surface area contributed by atoms with Gasteiger partial charge in [0.2, 0.25) is 5.91 Å². The Bertz CT molecular complexity index is 735. The number of halogens is 17. The highest BCUT2D eigenvalue weighted by Gasteiger charge is 2.95. The third kappa shape index (κ3) is 4.06. The molecule has 0 aromatic rings. The van der Waals surface area contributed by atoms with Crippen molar-refractivity contribution in [1.82, 2.24) is 0 Å². The van der Waals surface area contributed by atoms with E-state index < -0.39 is 72.0 Å². The van der Waals surface area contributed by atoms with Gasteiger partial charge >= 0.3 is 47.6 Å². The fourth-order valence-corrected chi connectivity index (χ4v) is 1.78. The van der Waals surface area contributed by atoms with E-state index in [1.807, 2.05) is 0 Å². The lowest BCUT2D eigenvalue weighted by Gasteiger charge is -2.42. The fraction of sp³-hybridized carbons (Fsp3) is 0.769. The molecule has 32 heavy (non-hydrogen) atoms. The van der Waals surface area contributed by atoms with Crippen molar-refractivity contribution in [3.05, 3.63) is 12.2 Å². The molecule has 0 aliphatic carbocycles. The summed E-state index contributed by atoms with van der Waals surface area (Å²) in [6.07, 6.45) is -12.3. The number of carbonyl (C=O) groups is 1.